The number of hydrogen-bond donors (Lipinski definition) is 4. The summed E-state index contributed by atoms with van der Waals surface area (Å²) in [6, 6.07) is 8.75. The van der Waals surface area contributed by atoms with Crippen LogP contribution in [0.1, 0.15) is 15.9 Å². The third-order valence-electron chi connectivity index (χ3n) is 2.83. The number of nitrogens with one attached hydrogen (secondary N) is 1. The lowest BCUT2D eigenvalue weighted by atomic mass is 10.2. The first-order valence-corrected chi connectivity index (χ1v) is 6.24. The van der Waals surface area contributed by atoms with Gasteiger partial charge >= 0.3 is 0 Å². The minimum Gasteiger partial charge on any atom is -0.507 e. The molecular formula is C15H14N2O5. The van der Waals surface area contributed by atoms with Crippen molar-refractivity contribution in [3.8, 4) is 23.0 Å². The molecule has 0 saturated carbocycles. The SMILES string of the molecule is COc1cc(/C=N/NC(=O)c2ccccc2O)cc(O)c1O. The fraction of sp³-hybridized carbons (Fsp3) is 0.0667. The van der Waals surface area contributed by atoms with Gasteiger partial charge in [0.05, 0.1) is 18.9 Å². The van der Waals surface area contributed by atoms with Gasteiger partial charge in [-0.3, -0.25) is 4.79 Å². The number of para-hydroxylation sites is 1. The van der Waals surface area contributed by atoms with Crippen LogP contribution in [-0.2, 0) is 0 Å². The smallest absolute Gasteiger partial charge is 0.275 e. The largest absolute Gasteiger partial charge is 0.507 e. The molecule has 0 aliphatic heterocycles. The predicted octanol–water partition coefficient (Wildman–Crippen LogP) is 1.58. The Morgan fingerprint density at radius 3 is 2.59 bits per heavy atom. The minimum absolute atomic E-state index is 0.0773. The zero-order chi connectivity index (χ0) is 16.1. The topological polar surface area (TPSA) is 111 Å². The summed E-state index contributed by atoms with van der Waals surface area (Å²) in [5.41, 5.74) is 2.74. The molecule has 0 spiro atoms. The van der Waals surface area contributed by atoms with Gasteiger partial charge in [0.2, 0.25) is 5.75 Å². The first kappa shape index (κ1) is 15.2. The molecule has 22 heavy (non-hydrogen) atoms. The lowest BCUT2D eigenvalue weighted by molar-refractivity contribution is 0.0952. The van der Waals surface area contributed by atoms with E-state index in [1.165, 1.54) is 37.6 Å². The van der Waals surface area contributed by atoms with E-state index in [1.54, 1.807) is 12.1 Å². The van der Waals surface area contributed by atoms with Crippen LogP contribution in [-0.4, -0.2) is 34.6 Å². The van der Waals surface area contributed by atoms with Crippen LogP contribution in [0.25, 0.3) is 0 Å². The van der Waals surface area contributed by atoms with E-state index in [2.05, 4.69) is 10.5 Å². The summed E-state index contributed by atoms with van der Waals surface area (Å²) in [4.78, 5) is 11.8. The van der Waals surface area contributed by atoms with Crippen molar-refractivity contribution in [3.63, 3.8) is 0 Å². The van der Waals surface area contributed by atoms with Crippen LogP contribution in [0, 0.1) is 0 Å². The average Bonchev–Trinajstić information content (AvgIpc) is 2.50. The molecule has 0 heterocycles. The average molecular weight is 302 g/mol. The van der Waals surface area contributed by atoms with E-state index >= 15 is 0 Å². The van der Waals surface area contributed by atoms with Crippen LogP contribution in [0.15, 0.2) is 41.5 Å². The van der Waals surface area contributed by atoms with Crippen LogP contribution < -0.4 is 10.2 Å². The molecule has 4 N–H and O–H groups in total. The number of aromatic hydroxyl groups is 3. The molecule has 7 heteroatoms. The van der Waals surface area contributed by atoms with Crippen molar-refractivity contribution in [2.75, 3.05) is 7.11 Å². The van der Waals surface area contributed by atoms with Gasteiger partial charge in [0.1, 0.15) is 5.75 Å². The van der Waals surface area contributed by atoms with Gasteiger partial charge in [-0.1, -0.05) is 12.1 Å². The maximum absolute atomic E-state index is 11.8. The van der Waals surface area contributed by atoms with E-state index in [0.29, 0.717) is 5.56 Å². The van der Waals surface area contributed by atoms with E-state index < -0.39 is 5.91 Å². The zero-order valence-electron chi connectivity index (χ0n) is 11.6. The Hall–Kier alpha value is -3.22. The lowest BCUT2D eigenvalue weighted by Crippen LogP contribution is -2.17. The summed E-state index contributed by atoms with van der Waals surface area (Å²) < 4.78 is 4.89. The Labute approximate surface area is 126 Å². The third-order valence-corrected chi connectivity index (χ3v) is 2.83. The van der Waals surface area contributed by atoms with Gasteiger partial charge in [-0.05, 0) is 24.3 Å². The highest BCUT2D eigenvalue weighted by Crippen LogP contribution is 2.35. The lowest BCUT2D eigenvalue weighted by Gasteiger charge is -2.06. The Balaban J connectivity index is 2.12. The Kier molecular flexibility index (Phi) is 4.47. The third kappa shape index (κ3) is 3.26. The normalized spacial score (nSPS) is 10.6. The Morgan fingerprint density at radius 2 is 1.91 bits per heavy atom. The van der Waals surface area contributed by atoms with Crippen molar-refractivity contribution in [2.45, 2.75) is 0 Å². The van der Waals surface area contributed by atoms with Crippen LogP contribution >= 0.6 is 0 Å². The molecule has 0 atom stereocenters. The molecule has 0 unspecified atom stereocenters. The first-order chi connectivity index (χ1) is 10.5. The molecule has 114 valence electrons. The minimum atomic E-state index is -0.579. The standard InChI is InChI=1S/C15H14N2O5/c1-22-13-7-9(6-12(19)14(13)20)8-16-17-15(21)10-4-2-3-5-11(10)18/h2-8,18-20H,1H3,(H,17,21)/b16-8+. The molecule has 1 amide bonds. The number of methoxy groups -OCH3 is 1. The second kappa shape index (κ2) is 6.49. The molecule has 0 fully saturated rings. The number of carbonyl (C=O) groups is 1. The zero-order valence-corrected chi connectivity index (χ0v) is 11.6. The Bertz CT molecular complexity index is 728. The number of hydrazone groups is 1. The maximum atomic E-state index is 11.8. The number of hydrogen-bond acceptors (Lipinski definition) is 6. The highest BCUT2D eigenvalue weighted by molar-refractivity contribution is 5.97. The van der Waals surface area contributed by atoms with Gasteiger partial charge in [-0.25, -0.2) is 5.43 Å². The number of amides is 1. The van der Waals surface area contributed by atoms with Crippen LogP contribution in [0.5, 0.6) is 23.0 Å². The highest BCUT2D eigenvalue weighted by atomic mass is 16.5. The summed E-state index contributed by atoms with van der Waals surface area (Å²) in [6.45, 7) is 0. The summed E-state index contributed by atoms with van der Waals surface area (Å²) in [7, 11) is 1.34. The molecule has 7 nitrogen and oxygen atoms in total. The maximum Gasteiger partial charge on any atom is 0.275 e. The summed E-state index contributed by atoms with van der Waals surface area (Å²) in [5, 5.41) is 32.3. The van der Waals surface area contributed by atoms with Gasteiger partial charge in [0.15, 0.2) is 11.5 Å². The van der Waals surface area contributed by atoms with Crippen molar-refractivity contribution in [2.24, 2.45) is 5.10 Å². The van der Waals surface area contributed by atoms with Crippen molar-refractivity contribution < 1.29 is 24.9 Å². The van der Waals surface area contributed by atoms with Crippen molar-refractivity contribution in [1.82, 2.24) is 5.43 Å². The van der Waals surface area contributed by atoms with Crippen LogP contribution in [0.4, 0.5) is 0 Å². The Morgan fingerprint density at radius 1 is 1.18 bits per heavy atom. The quantitative estimate of drug-likeness (QED) is 0.389. The second-order valence-electron chi connectivity index (χ2n) is 4.31. The second-order valence-corrected chi connectivity index (χ2v) is 4.31. The van der Waals surface area contributed by atoms with Crippen LogP contribution in [0.3, 0.4) is 0 Å². The molecule has 0 saturated heterocycles. The number of benzene rings is 2. The summed E-state index contributed by atoms with van der Waals surface area (Å²) in [5.74, 6) is -1.40. The van der Waals surface area contributed by atoms with Gasteiger partial charge < -0.3 is 20.1 Å². The number of rotatable bonds is 4. The van der Waals surface area contributed by atoms with E-state index in [0.717, 1.165) is 0 Å². The van der Waals surface area contributed by atoms with E-state index in [9.17, 15) is 20.1 Å². The number of ether oxygens (including phenoxy) is 1. The first-order valence-electron chi connectivity index (χ1n) is 6.24. The summed E-state index contributed by atoms with van der Waals surface area (Å²) in [6.07, 6.45) is 1.26. The van der Waals surface area contributed by atoms with Gasteiger partial charge in [-0.2, -0.15) is 5.10 Å². The summed E-state index contributed by atoms with van der Waals surface area (Å²) >= 11 is 0. The monoisotopic (exact) mass is 302 g/mol. The van der Waals surface area contributed by atoms with E-state index in [4.69, 9.17) is 4.74 Å². The highest BCUT2D eigenvalue weighted by Gasteiger charge is 2.10. The van der Waals surface area contributed by atoms with E-state index in [-0.39, 0.29) is 28.6 Å². The van der Waals surface area contributed by atoms with Gasteiger partial charge in [0, 0.05) is 5.56 Å². The van der Waals surface area contributed by atoms with Crippen molar-refractivity contribution in [1.29, 1.82) is 0 Å². The number of phenolic OH excluding ortho intramolecular Hbond substituents is 3. The molecule has 0 aromatic heterocycles. The molecule has 2 aromatic rings. The molecule has 0 bridgehead atoms. The molecular weight excluding hydrogens is 288 g/mol. The molecule has 2 rings (SSSR count). The van der Waals surface area contributed by atoms with Gasteiger partial charge in [-0.15, -0.1) is 0 Å². The van der Waals surface area contributed by atoms with Crippen LogP contribution in [0.2, 0.25) is 0 Å². The molecule has 0 aliphatic rings. The fourth-order valence-electron chi connectivity index (χ4n) is 1.74. The molecule has 2 aromatic carbocycles. The predicted molar refractivity (Wildman–Crippen MR) is 79.5 cm³/mol. The molecule has 0 radical (unpaired) electrons. The van der Waals surface area contributed by atoms with Crippen molar-refractivity contribution >= 4 is 12.1 Å². The van der Waals surface area contributed by atoms with Gasteiger partial charge in [0.25, 0.3) is 5.91 Å². The number of phenols is 3. The fourth-order valence-corrected chi connectivity index (χ4v) is 1.74. The number of carbonyl (C=O) groups excluding carboxylic acids is 1. The molecule has 0 aliphatic carbocycles. The van der Waals surface area contributed by atoms with E-state index in [1.807, 2.05) is 0 Å². The number of nitrogens with zero attached hydrogens (tertiary/aromatic N) is 1. The van der Waals surface area contributed by atoms with Crippen molar-refractivity contribution in [3.05, 3.63) is 47.5 Å².